The Bertz CT molecular complexity index is 738. The molecule has 1 aliphatic heterocycles. The normalized spacial score (nSPS) is 17.8. The smallest absolute Gasteiger partial charge is 0.335 e. The number of carboxylic acids is 1. The van der Waals surface area contributed by atoms with E-state index in [0.29, 0.717) is 12.2 Å². The summed E-state index contributed by atoms with van der Waals surface area (Å²) < 4.78 is 5.78. The van der Waals surface area contributed by atoms with Gasteiger partial charge in [-0.1, -0.05) is 42.5 Å². The summed E-state index contributed by atoms with van der Waals surface area (Å²) >= 11 is 0. The number of aromatic carboxylic acids is 1. The van der Waals surface area contributed by atoms with Crippen LogP contribution in [0, 0.1) is 0 Å². The number of ether oxygens (including phenoxy) is 1. The van der Waals surface area contributed by atoms with Gasteiger partial charge in [-0.15, -0.1) is 0 Å². The molecule has 0 aromatic heterocycles. The van der Waals surface area contributed by atoms with Gasteiger partial charge < -0.3 is 15.2 Å². The zero-order valence-corrected chi connectivity index (χ0v) is 13.9. The number of hydrogen-bond acceptors (Lipinski definition) is 3. The highest BCUT2D eigenvalue weighted by molar-refractivity contribution is 5.88. The van der Waals surface area contributed by atoms with E-state index < -0.39 is 5.97 Å². The minimum atomic E-state index is -0.997. The SMILES string of the molecule is O=C(Cc1cccc(C(=O)O)c1)NC(c1ccccc1)C1CCCO1. The first-order valence-electron chi connectivity index (χ1n) is 8.41. The van der Waals surface area contributed by atoms with E-state index in [1.807, 2.05) is 30.3 Å². The van der Waals surface area contributed by atoms with Crippen molar-refractivity contribution >= 4 is 11.9 Å². The number of benzene rings is 2. The summed E-state index contributed by atoms with van der Waals surface area (Å²) in [5, 5.41) is 12.1. The van der Waals surface area contributed by atoms with Crippen molar-refractivity contribution in [3.63, 3.8) is 0 Å². The lowest BCUT2D eigenvalue weighted by atomic mass is 9.98. The molecule has 2 unspecified atom stereocenters. The molecule has 1 fully saturated rings. The van der Waals surface area contributed by atoms with Crippen LogP contribution in [0.4, 0.5) is 0 Å². The summed E-state index contributed by atoms with van der Waals surface area (Å²) in [7, 11) is 0. The molecule has 1 saturated heterocycles. The molecule has 5 heteroatoms. The molecule has 3 rings (SSSR count). The first kappa shape index (κ1) is 17.2. The van der Waals surface area contributed by atoms with Crippen LogP contribution < -0.4 is 5.32 Å². The maximum Gasteiger partial charge on any atom is 0.335 e. The molecule has 1 amide bonds. The van der Waals surface area contributed by atoms with E-state index in [4.69, 9.17) is 9.84 Å². The molecule has 2 aromatic carbocycles. The van der Waals surface area contributed by atoms with Crippen LogP contribution in [0.3, 0.4) is 0 Å². The maximum atomic E-state index is 12.5. The van der Waals surface area contributed by atoms with E-state index >= 15 is 0 Å². The summed E-state index contributed by atoms with van der Waals surface area (Å²) in [6, 6.07) is 16.1. The highest BCUT2D eigenvalue weighted by Crippen LogP contribution is 2.27. The number of carboxylic acid groups (broad SMARTS) is 1. The van der Waals surface area contributed by atoms with E-state index in [9.17, 15) is 9.59 Å². The number of nitrogens with one attached hydrogen (secondary N) is 1. The van der Waals surface area contributed by atoms with E-state index in [0.717, 1.165) is 18.4 Å². The predicted molar refractivity (Wildman–Crippen MR) is 93.4 cm³/mol. The van der Waals surface area contributed by atoms with E-state index in [-0.39, 0.29) is 30.0 Å². The third kappa shape index (κ3) is 4.45. The average molecular weight is 339 g/mol. The fourth-order valence-electron chi connectivity index (χ4n) is 3.14. The lowest BCUT2D eigenvalue weighted by Crippen LogP contribution is -2.37. The topological polar surface area (TPSA) is 75.6 Å². The predicted octanol–water partition coefficient (Wildman–Crippen LogP) is 2.96. The van der Waals surface area contributed by atoms with Gasteiger partial charge in [0.15, 0.2) is 0 Å². The third-order valence-corrected chi connectivity index (χ3v) is 4.35. The molecule has 5 nitrogen and oxygen atoms in total. The van der Waals surface area contributed by atoms with Crippen LogP contribution >= 0.6 is 0 Å². The van der Waals surface area contributed by atoms with Crippen molar-refractivity contribution in [2.45, 2.75) is 31.4 Å². The summed E-state index contributed by atoms with van der Waals surface area (Å²) in [5.41, 5.74) is 1.88. The quantitative estimate of drug-likeness (QED) is 0.848. The Morgan fingerprint density at radius 3 is 2.64 bits per heavy atom. The molecule has 2 atom stereocenters. The van der Waals surface area contributed by atoms with Crippen LogP contribution in [0.25, 0.3) is 0 Å². The van der Waals surface area contributed by atoms with Crippen LogP contribution in [0.15, 0.2) is 54.6 Å². The van der Waals surface area contributed by atoms with Gasteiger partial charge in [0.05, 0.1) is 24.1 Å². The van der Waals surface area contributed by atoms with Crippen molar-refractivity contribution < 1.29 is 19.4 Å². The van der Waals surface area contributed by atoms with Gasteiger partial charge >= 0.3 is 5.97 Å². The van der Waals surface area contributed by atoms with Crippen LogP contribution in [0.5, 0.6) is 0 Å². The van der Waals surface area contributed by atoms with Gasteiger partial charge in [0.2, 0.25) is 5.91 Å². The Balaban J connectivity index is 1.72. The van der Waals surface area contributed by atoms with Gasteiger partial charge in [0, 0.05) is 6.61 Å². The zero-order chi connectivity index (χ0) is 17.6. The lowest BCUT2D eigenvalue weighted by molar-refractivity contribution is -0.122. The number of carbonyl (C=O) groups is 2. The van der Waals surface area contributed by atoms with Crippen molar-refractivity contribution in [2.75, 3.05) is 6.61 Å². The molecule has 0 saturated carbocycles. The minimum Gasteiger partial charge on any atom is -0.478 e. The second-order valence-electron chi connectivity index (χ2n) is 6.19. The van der Waals surface area contributed by atoms with Gasteiger partial charge in [-0.25, -0.2) is 4.79 Å². The van der Waals surface area contributed by atoms with Gasteiger partial charge in [-0.2, -0.15) is 0 Å². The summed E-state index contributed by atoms with van der Waals surface area (Å²) in [5.74, 6) is -1.14. The fourth-order valence-corrected chi connectivity index (χ4v) is 3.14. The molecule has 2 N–H and O–H groups in total. The fraction of sp³-hybridized carbons (Fsp3) is 0.300. The van der Waals surface area contributed by atoms with Crippen LogP contribution in [-0.4, -0.2) is 29.7 Å². The highest BCUT2D eigenvalue weighted by atomic mass is 16.5. The van der Waals surface area contributed by atoms with Crippen molar-refractivity contribution in [3.8, 4) is 0 Å². The number of hydrogen-bond donors (Lipinski definition) is 2. The molecule has 0 bridgehead atoms. The first-order chi connectivity index (χ1) is 12.1. The second-order valence-corrected chi connectivity index (χ2v) is 6.19. The number of carbonyl (C=O) groups excluding carboxylic acids is 1. The van der Waals surface area contributed by atoms with Crippen molar-refractivity contribution in [2.24, 2.45) is 0 Å². The molecular weight excluding hydrogens is 318 g/mol. The summed E-state index contributed by atoms with van der Waals surface area (Å²) in [4.78, 5) is 23.6. The zero-order valence-electron chi connectivity index (χ0n) is 13.9. The molecule has 1 heterocycles. The van der Waals surface area contributed by atoms with Gasteiger partial charge in [-0.05, 0) is 36.1 Å². The maximum absolute atomic E-state index is 12.5. The monoisotopic (exact) mass is 339 g/mol. The molecule has 1 aliphatic rings. The lowest BCUT2D eigenvalue weighted by Gasteiger charge is -2.25. The standard InChI is InChI=1S/C20H21NO4/c22-18(13-14-6-4-9-16(12-14)20(23)24)21-19(17-10-5-11-25-17)15-7-2-1-3-8-15/h1-4,6-9,12,17,19H,5,10-11,13H2,(H,21,22)(H,23,24). The van der Waals surface area contributed by atoms with Crippen LogP contribution in [-0.2, 0) is 16.0 Å². The Hall–Kier alpha value is -2.66. The minimum absolute atomic E-state index is 0.0308. The molecular formula is C20H21NO4. The molecule has 25 heavy (non-hydrogen) atoms. The Labute approximate surface area is 146 Å². The van der Waals surface area contributed by atoms with Crippen molar-refractivity contribution in [3.05, 3.63) is 71.3 Å². The largest absolute Gasteiger partial charge is 0.478 e. The highest BCUT2D eigenvalue weighted by Gasteiger charge is 2.28. The molecule has 0 aliphatic carbocycles. The number of rotatable bonds is 6. The van der Waals surface area contributed by atoms with Crippen molar-refractivity contribution in [1.29, 1.82) is 0 Å². The van der Waals surface area contributed by atoms with E-state index in [1.54, 1.807) is 12.1 Å². The van der Waals surface area contributed by atoms with Gasteiger partial charge in [0.1, 0.15) is 0 Å². The Morgan fingerprint density at radius 2 is 1.96 bits per heavy atom. The Kier molecular flexibility index (Phi) is 5.46. The number of amides is 1. The van der Waals surface area contributed by atoms with Gasteiger partial charge in [0.25, 0.3) is 0 Å². The van der Waals surface area contributed by atoms with E-state index in [1.165, 1.54) is 12.1 Å². The summed E-state index contributed by atoms with van der Waals surface area (Å²) in [6.07, 6.45) is 2.01. The van der Waals surface area contributed by atoms with E-state index in [2.05, 4.69) is 5.32 Å². The van der Waals surface area contributed by atoms with Crippen LogP contribution in [0.1, 0.15) is 40.4 Å². The average Bonchev–Trinajstić information content (AvgIpc) is 3.15. The first-order valence-corrected chi connectivity index (χ1v) is 8.41. The van der Waals surface area contributed by atoms with Gasteiger partial charge in [-0.3, -0.25) is 4.79 Å². The molecule has 0 spiro atoms. The summed E-state index contributed by atoms with van der Waals surface area (Å²) in [6.45, 7) is 0.713. The molecule has 130 valence electrons. The molecule has 2 aromatic rings. The second kappa shape index (κ2) is 7.94. The molecule has 0 radical (unpaired) electrons. The van der Waals surface area contributed by atoms with Crippen molar-refractivity contribution in [1.82, 2.24) is 5.32 Å². The van der Waals surface area contributed by atoms with Crippen LogP contribution in [0.2, 0.25) is 0 Å². The third-order valence-electron chi connectivity index (χ3n) is 4.35. The Morgan fingerprint density at radius 1 is 1.16 bits per heavy atom.